The third kappa shape index (κ3) is 1.65. The lowest BCUT2D eigenvalue weighted by Crippen LogP contribution is -1.93. The molecule has 3 N–H and O–H groups in total. The van der Waals surface area contributed by atoms with Crippen molar-refractivity contribution in [1.82, 2.24) is 0 Å². The van der Waals surface area contributed by atoms with Gasteiger partial charge in [0, 0.05) is 16.3 Å². The maximum Gasteiger partial charge on any atom is 0.124 e. The van der Waals surface area contributed by atoms with E-state index < -0.39 is 0 Å². The number of halogens is 1. The minimum Gasteiger partial charge on any atom is -0.507 e. The van der Waals surface area contributed by atoms with Gasteiger partial charge in [0.05, 0.1) is 0 Å². The molecule has 0 radical (unpaired) electrons. The fourth-order valence-corrected chi connectivity index (χ4v) is 0.938. The lowest BCUT2D eigenvalue weighted by atomic mass is 10.1. The number of phenols is 1. The van der Waals surface area contributed by atoms with Crippen LogP contribution in [0.25, 0.3) is 5.70 Å². The Bertz CT molecular complexity index is 296. The smallest absolute Gasteiger partial charge is 0.124 e. The number of nitrogens with two attached hydrogens (primary N) is 1. The number of aromatic hydroxyl groups is 1. The van der Waals surface area contributed by atoms with Gasteiger partial charge in [0.2, 0.25) is 0 Å². The Labute approximate surface area is 69.9 Å². The van der Waals surface area contributed by atoms with Crippen LogP contribution in [0.15, 0.2) is 24.8 Å². The largest absolute Gasteiger partial charge is 0.507 e. The lowest BCUT2D eigenvalue weighted by molar-refractivity contribution is 0.473. The van der Waals surface area contributed by atoms with Crippen molar-refractivity contribution in [1.29, 1.82) is 0 Å². The molecule has 1 rings (SSSR count). The van der Waals surface area contributed by atoms with Gasteiger partial charge >= 0.3 is 0 Å². The van der Waals surface area contributed by atoms with Crippen LogP contribution in [-0.2, 0) is 0 Å². The molecule has 0 saturated carbocycles. The molecule has 0 heterocycles. The molecule has 0 aliphatic carbocycles. The highest BCUT2D eigenvalue weighted by Crippen LogP contribution is 2.24. The van der Waals surface area contributed by atoms with Crippen molar-refractivity contribution >= 4 is 17.3 Å². The molecule has 1 aromatic carbocycles. The van der Waals surface area contributed by atoms with Crippen LogP contribution >= 0.6 is 11.6 Å². The summed E-state index contributed by atoms with van der Waals surface area (Å²) in [6.07, 6.45) is 0. The molecule has 0 bridgehead atoms. The molecule has 0 aliphatic rings. The van der Waals surface area contributed by atoms with Crippen LogP contribution in [0.2, 0.25) is 5.02 Å². The lowest BCUT2D eigenvalue weighted by Gasteiger charge is -2.02. The summed E-state index contributed by atoms with van der Waals surface area (Å²) in [5, 5.41) is 9.74. The van der Waals surface area contributed by atoms with Crippen molar-refractivity contribution in [3.05, 3.63) is 35.4 Å². The number of rotatable bonds is 1. The van der Waals surface area contributed by atoms with E-state index in [4.69, 9.17) is 17.3 Å². The predicted molar refractivity (Wildman–Crippen MR) is 46.3 cm³/mol. The van der Waals surface area contributed by atoms with Gasteiger partial charge in [-0.15, -0.1) is 0 Å². The normalized spacial score (nSPS) is 9.55. The first kappa shape index (κ1) is 7.95. The molecular formula is C8H8ClNO. The van der Waals surface area contributed by atoms with Gasteiger partial charge in [-0.1, -0.05) is 18.2 Å². The van der Waals surface area contributed by atoms with E-state index in [1.54, 1.807) is 12.1 Å². The first-order valence-electron chi connectivity index (χ1n) is 3.04. The van der Waals surface area contributed by atoms with Gasteiger partial charge in [0.25, 0.3) is 0 Å². The van der Waals surface area contributed by atoms with Gasteiger partial charge in [-0.25, -0.2) is 0 Å². The topological polar surface area (TPSA) is 46.2 Å². The number of phenolic OH excluding ortho intramolecular Hbond substituents is 1. The van der Waals surface area contributed by atoms with Crippen molar-refractivity contribution in [2.24, 2.45) is 5.73 Å². The van der Waals surface area contributed by atoms with Gasteiger partial charge in [-0.3, -0.25) is 0 Å². The van der Waals surface area contributed by atoms with Gasteiger partial charge in [-0.05, 0) is 18.2 Å². The zero-order valence-corrected chi connectivity index (χ0v) is 6.60. The summed E-state index contributed by atoms with van der Waals surface area (Å²) >= 11 is 5.65. The minimum atomic E-state index is 0.0990. The fourth-order valence-electron chi connectivity index (χ4n) is 0.765. The number of benzene rings is 1. The molecule has 2 nitrogen and oxygen atoms in total. The van der Waals surface area contributed by atoms with E-state index in [2.05, 4.69) is 6.58 Å². The second-order valence-corrected chi connectivity index (χ2v) is 2.62. The van der Waals surface area contributed by atoms with E-state index in [9.17, 15) is 5.11 Å². The van der Waals surface area contributed by atoms with Crippen molar-refractivity contribution in [3.8, 4) is 5.75 Å². The highest BCUT2D eigenvalue weighted by atomic mass is 35.5. The van der Waals surface area contributed by atoms with Crippen molar-refractivity contribution in [2.75, 3.05) is 0 Å². The van der Waals surface area contributed by atoms with Crippen LogP contribution in [0, 0.1) is 0 Å². The van der Waals surface area contributed by atoms with Crippen LogP contribution < -0.4 is 5.73 Å². The van der Waals surface area contributed by atoms with Crippen molar-refractivity contribution in [3.63, 3.8) is 0 Å². The number of hydrogen-bond donors (Lipinski definition) is 2. The first-order chi connectivity index (χ1) is 5.11. The second-order valence-electron chi connectivity index (χ2n) is 2.19. The number of hydrogen-bond acceptors (Lipinski definition) is 2. The highest BCUT2D eigenvalue weighted by molar-refractivity contribution is 6.30. The Hall–Kier alpha value is -1.15. The maximum atomic E-state index is 9.21. The summed E-state index contributed by atoms with van der Waals surface area (Å²) in [5.41, 5.74) is 6.16. The van der Waals surface area contributed by atoms with Crippen LogP contribution in [0.5, 0.6) is 5.75 Å². The Morgan fingerprint density at radius 2 is 2.18 bits per heavy atom. The first-order valence-corrected chi connectivity index (χ1v) is 3.42. The second kappa shape index (κ2) is 2.84. The zero-order chi connectivity index (χ0) is 8.43. The van der Waals surface area contributed by atoms with Gasteiger partial charge in [0.15, 0.2) is 0 Å². The van der Waals surface area contributed by atoms with Crippen LogP contribution in [0.1, 0.15) is 5.56 Å². The fraction of sp³-hybridized carbons (Fsp3) is 0. The van der Waals surface area contributed by atoms with Crippen molar-refractivity contribution in [2.45, 2.75) is 0 Å². The molecule has 0 aliphatic heterocycles. The quantitative estimate of drug-likeness (QED) is 0.675. The standard InChI is InChI=1S/C8H8ClNO/c1-5(10)7-4-6(9)2-3-8(7)11/h2-4,11H,1,10H2. The van der Waals surface area contributed by atoms with Gasteiger partial charge < -0.3 is 10.8 Å². The Morgan fingerprint density at radius 3 is 2.64 bits per heavy atom. The summed E-state index contributed by atoms with van der Waals surface area (Å²) in [7, 11) is 0. The molecule has 0 atom stereocenters. The summed E-state index contributed by atoms with van der Waals surface area (Å²) < 4.78 is 0. The van der Waals surface area contributed by atoms with Crippen LogP contribution in [-0.4, -0.2) is 5.11 Å². The molecule has 0 spiro atoms. The molecule has 11 heavy (non-hydrogen) atoms. The van der Waals surface area contributed by atoms with E-state index in [-0.39, 0.29) is 5.75 Å². The molecule has 0 aromatic heterocycles. The highest BCUT2D eigenvalue weighted by Gasteiger charge is 2.01. The maximum absolute atomic E-state index is 9.21. The molecule has 3 heteroatoms. The van der Waals surface area contributed by atoms with E-state index in [1.165, 1.54) is 6.07 Å². The third-order valence-electron chi connectivity index (χ3n) is 1.30. The molecule has 0 unspecified atom stereocenters. The third-order valence-corrected chi connectivity index (χ3v) is 1.54. The van der Waals surface area contributed by atoms with Crippen LogP contribution in [0.3, 0.4) is 0 Å². The monoisotopic (exact) mass is 169 g/mol. The van der Waals surface area contributed by atoms with Crippen molar-refractivity contribution < 1.29 is 5.11 Å². The summed E-state index contributed by atoms with van der Waals surface area (Å²) in [4.78, 5) is 0. The van der Waals surface area contributed by atoms with E-state index >= 15 is 0 Å². The van der Waals surface area contributed by atoms with E-state index in [1.807, 2.05) is 0 Å². The summed E-state index contributed by atoms with van der Waals surface area (Å²) in [6, 6.07) is 4.64. The Balaban J connectivity index is 3.23. The molecule has 1 aromatic rings. The molecule has 0 saturated heterocycles. The zero-order valence-electron chi connectivity index (χ0n) is 5.84. The molecular weight excluding hydrogens is 162 g/mol. The van der Waals surface area contributed by atoms with Crippen LogP contribution in [0.4, 0.5) is 0 Å². The Morgan fingerprint density at radius 1 is 1.55 bits per heavy atom. The average molecular weight is 170 g/mol. The Kier molecular flexibility index (Phi) is 2.06. The summed E-state index contributed by atoms with van der Waals surface area (Å²) in [5.74, 6) is 0.0990. The van der Waals surface area contributed by atoms with Gasteiger partial charge in [-0.2, -0.15) is 0 Å². The average Bonchev–Trinajstić information content (AvgIpc) is 1.94. The summed E-state index contributed by atoms with van der Waals surface area (Å²) in [6.45, 7) is 3.49. The van der Waals surface area contributed by atoms with Gasteiger partial charge in [0.1, 0.15) is 5.75 Å². The van der Waals surface area contributed by atoms with E-state index in [0.29, 0.717) is 16.3 Å². The molecule has 0 fully saturated rings. The van der Waals surface area contributed by atoms with E-state index in [0.717, 1.165) is 0 Å². The SMILES string of the molecule is C=C(N)c1cc(Cl)ccc1O. The minimum absolute atomic E-state index is 0.0990. The molecule has 0 amide bonds. The molecule has 58 valence electrons. The predicted octanol–water partition coefficient (Wildman–Crippen LogP) is 1.98.